The van der Waals surface area contributed by atoms with Crippen molar-refractivity contribution in [2.45, 2.75) is 52.0 Å². The first-order valence-corrected chi connectivity index (χ1v) is 10.5. The van der Waals surface area contributed by atoms with E-state index >= 15 is 0 Å². The van der Waals surface area contributed by atoms with Crippen LogP contribution in [0.1, 0.15) is 38.7 Å². The Morgan fingerprint density at radius 3 is 2.66 bits per heavy atom. The lowest BCUT2D eigenvalue weighted by atomic mass is 9.97. The zero-order valence-electron chi connectivity index (χ0n) is 18.6. The number of allylic oxidation sites excluding steroid dienone is 1. The largest absolute Gasteiger partial charge is 0.496 e. The van der Waals surface area contributed by atoms with Gasteiger partial charge < -0.3 is 19.5 Å². The van der Waals surface area contributed by atoms with Crippen LogP contribution in [0.25, 0.3) is 0 Å². The maximum Gasteiger partial charge on any atom is 0.135 e. The van der Waals surface area contributed by atoms with E-state index in [1.165, 1.54) is 11.3 Å². The van der Waals surface area contributed by atoms with Gasteiger partial charge in [0.25, 0.3) is 0 Å². The van der Waals surface area contributed by atoms with Crippen LogP contribution in [0.3, 0.4) is 0 Å². The molecule has 0 saturated heterocycles. The predicted octanol–water partition coefficient (Wildman–Crippen LogP) is 2.11. The van der Waals surface area contributed by atoms with Gasteiger partial charge in [-0.1, -0.05) is 19.4 Å². The van der Waals surface area contributed by atoms with Gasteiger partial charge in [-0.2, -0.15) is 0 Å². The molecular formula is C22H38N4O3. The molecule has 1 aromatic rings. The van der Waals surface area contributed by atoms with Crippen molar-refractivity contribution in [3.63, 3.8) is 0 Å². The van der Waals surface area contributed by atoms with Crippen LogP contribution in [0.4, 0.5) is 0 Å². The second-order valence-electron chi connectivity index (χ2n) is 7.59. The smallest absolute Gasteiger partial charge is 0.135 e. The number of benzene rings is 1. The summed E-state index contributed by atoms with van der Waals surface area (Å²) in [6, 6.07) is 5.95. The van der Waals surface area contributed by atoms with E-state index in [1.54, 1.807) is 7.11 Å². The van der Waals surface area contributed by atoms with Crippen LogP contribution in [0.2, 0.25) is 0 Å². The van der Waals surface area contributed by atoms with Crippen molar-refractivity contribution in [2.24, 2.45) is 5.73 Å². The molecule has 0 saturated carbocycles. The zero-order chi connectivity index (χ0) is 21.4. The lowest BCUT2D eigenvalue weighted by Gasteiger charge is -2.46. The number of hydrogen-bond donors (Lipinski definition) is 3. The average Bonchev–Trinajstić information content (AvgIpc) is 2.73. The SMILES string of the molecule is CCCCNC1C(Cc2ccc(OCCCO)cc2OC)=C(C)N(C)C(N)N1C. The van der Waals surface area contributed by atoms with E-state index in [-0.39, 0.29) is 19.1 Å². The van der Waals surface area contributed by atoms with E-state index < -0.39 is 0 Å². The molecule has 0 aromatic heterocycles. The van der Waals surface area contributed by atoms with Crippen LogP contribution in [0.5, 0.6) is 11.5 Å². The summed E-state index contributed by atoms with van der Waals surface area (Å²) in [6.07, 6.45) is 3.57. The Hall–Kier alpha value is -1.80. The number of nitrogens with one attached hydrogen (secondary N) is 1. The van der Waals surface area contributed by atoms with Crippen molar-refractivity contribution in [3.8, 4) is 11.5 Å². The highest BCUT2D eigenvalue weighted by Gasteiger charge is 2.33. The Kier molecular flexibility index (Phi) is 9.23. The fourth-order valence-electron chi connectivity index (χ4n) is 3.62. The molecule has 1 aromatic carbocycles. The lowest BCUT2D eigenvalue weighted by Crippen LogP contribution is -2.62. The van der Waals surface area contributed by atoms with Gasteiger partial charge in [0, 0.05) is 38.3 Å². The first-order chi connectivity index (χ1) is 13.9. The molecule has 1 aliphatic heterocycles. The van der Waals surface area contributed by atoms with Crippen molar-refractivity contribution in [2.75, 3.05) is 41.0 Å². The molecule has 2 rings (SSSR count). The highest BCUT2D eigenvalue weighted by molar-refractivity contribution is 5.44. The maximum absolute atomic E-state index is 8.93. The molecule has 7 heteroatoms. The van der Waals surface area contributed by atoms with Crippen LogP contribution >= 0.6 is 0 Å². The summed E-state index contributed by atoms with van der Waals surface area (Å²) in [6.45, 7) is 5.89. The number of unbranched alkanes of at least 4 members (excludes halogenated alkanes) is 1. The van der Waals surface area contributed by atoms with Gasteiger partial charge in [-0.15, -0.1) is 0 Å². The zero-order valence-corrected chi connectivity index (χ0v) is 18.6. The predicted molar refractivity (Wildman–Crippen MR) is 117 cm³/mol. The first-order valence-electron chi connectivity index (χ1n) is 10.5. The van der Waals surface area contributed by atoms with Gasteiger partial charge in [0.15, 0.2) is 0 Å². The minimum atomic E-state index is -0.165. The Balaban J connectivity index is 2.27. The van der Waals surface area contributed by atoms with Crippen LogP contribution in [-0.4, -0.2) is 68.3 Å². The van der Waals surface area contributed by atoms with Gasteiger partial charge in [0.05, 0.1) is 19.9 Å². The number of rotatable bonds is 11. The number of nitrogens with zero attached hydrogens (tertiary/aromatic N) is 2. The summed E-state index contributed by atoms with van der Waals surface area (Å²) in [5, 5.41) is 12.6. The van der Waals surface area contributed by atoms with E-state index in [0.29, 0.717) is 13.0 Å². The Morgan fingerprint density at radius 2 is 2.00 bits per heavy atom. The first kappa shape index (κ1) is 23.5. The standard InChI is InChI=1S/C22H38N4O3/c1-6-7-11-24-21-19(16(2)25(3)22(23)26(21)4)14-17-9-10-18(15-20(17)28-5)29-13-8-12-27/h9-10,15,21-22,24,27H,6-8,11-14,23H2,1-5H3. The molecule has 1 aliphatic rings. The molecule has 0 fully saturated rings. The molecule has 0 aliphatic carbocycles. The van der Waals surface area contributed by atoms with Crippen molar-refractivity contribution >= 4 is 0 Å². The molecule has 1 heterocycles. The summed E-state index contributed by atoms with van der Waals surface area (Å²) < 4.78 is 11.3. The third kappa shape index (κ3) is 5.85. The molecule has 164 valence electrons. The lowest BCUT2D eigenvalue weighted by molar-refractivity contribution is 0.0497. The minimum Gasteiger partial charge on any atom is -0.496 e. The molecule has 7 nitrogen and oxygen atoms in total. The Bertz CT molecular complexity index is 680. The Morgan fingerprint density at radius 1 is 1.24 bits per heavy atom. The van der Waals surface area contributed by atoms with Gasteiger partial charge in [-0.25, -0.2) is 0 Å². The maximum atomic E-state index is 8.93. The summed E-state index contributed by atoms with van der Waals surface area (Å²) in [5.41, 5.74) is 10.0. The third-order valence-electron chi connectivity index (χ3n) is 5.62. The number of methoxy groups -OCH3 is 1. The quantitative estimate of drug-likeness (QED) is 0.486. The second-order valence-corrected chi connectivity index (χ2v) is 7.59. The van der Waals surface area contributed by atoms with Crippen molar-refractivity contribution in [3.05, 3.63) is 35.0 Å². The van der Waals surface area contributed by atoms with Gasteiger partial charge >= 0.3 is 0 Å². The number of aliphatic hydroxyl groups excluding tert-OH is 1. The highest BCUT2D eigenvalue weighted by atomic mass is 16.5. The molecular weight excluding hydrogens is 368 g/mol. The van der Waals surface area contributed by atoms with Crippen LogP contribution in [-0.2, 0) is 6.42 Å². The molecule has 2 atom stereocenters. The van der Waals surface area contributed by atoms with Crippen molar-refractivity contribution in [1.82, 2.24) is 15.1 Å². The van der Waals surface area contributed by atoms with E-state index in [9.17, 15) is 0 Å². The summed E-state index contributed by atoms with van der Waals surface area (Å²) in [4.78, 5) is 4.29. The molecule has 0 bridgehead atoms. The fraction of sp³-hybridized carbons (Fsp3) is 0.636. The molecule has 29 heavy (non-hydrogen) atoms. The van der Waals surface area contributed by atoms with Crippen LogP contribution < -0.4 is 20.5 Å². The van der Waals surface area contributed by atoms with Crippen molar-refractivity contribution < 1.29 is 14.6 Å². The third-order valence-corrected chi connectivity index (χ3v) is 5.62. The molecule has 2 unspecified atom stereocenters. The number of likely N-dealkylation sites (N-methyl/N-ethyl adjacent to an activating group) is 1. The molecule has 0 radical (unpaired) electrons. The van der Waals surface area contributed by atoms with Gasteiger partial charge in [-0.05, 0) is 44.1 Å². The normalized spacial score (nSPS) is 20.3. The van der Waals surface area contributed by atoms with E-state index in [4.69, 9.17) is 20.3 Å². The molecule has 4 N–H and O–H groups in total. The summed E-state index contributed by atoms with van der Waals surface area (Å²) >= 11 is 0. The van der Waals surface area contributed by atoms with Gasteiger partial charge in [0.1, 0.15) is 17.8 Å². The number of nitrogens with two attached hydrogens (primary N) is 1. The highest BCUT2D eigenvalue weighted by Crippen LogP contribution is 2.31. The van der Waals surface area contributed by atoms with Crippen molar-refractivity contribution in [1.29, 1.82) is 0 Å². The number of hydrogen-bond acceptors (Lipinski definition) is 7. The van der Waals surface area contributed by atoms with Gasteiger partial charge in [0.2, 0.25) is 0 Å². The van der Waals surface area contributed by atoms with Gasteiger partial charge in [-0.3, -0.25) is 16.0 Å². The number of ether oxygens (including phenoxy) is 2. The average molecular weight is 407 g/mol. The van der Waals surface area contributed by atoms with Crippen LogP contribution in [0.15, 0.2) is 29.5 Å². The second kappa shape index (κ2) is 11.4. The summed E-state index contributed by atoms with van der Waals surface area (Å²) in [7, 11) is 5.78. The summed E-state index contributed by atoms with van der Waals surface area (Å²) in [5.74, 6) is 1.56. The van der Waals surface area contributed by atoms with Crippen LogP contribution in [0, 0.1) is 0 Å². The van der Waals surface area contributed by atoms with E-state index in [0.717, 1.165) is 42.9 Å². The molecule has 0 amide bonds. The molecule has 0 spiro atoms. The fourth-order valence-corrected chi connectivity index (χ4v) is 3.62. The number of aliphatic hydroxyl groups is 1. The van der Waals surface area contributed by atoms with E-state index in [2.05, 4.69) is 42.1 Å². The monoisotopic (exact) mass is 406 g/mol. The van der Waals surface area contributed by atoms with E-state index in [1.807, 2.05) is 19.2 Å². The minimum absolute atomic E-state index is 0.0814. The topological polar surface area (TPSA) is 83.2 Å². The Labute approximate surface area is 175 Å².